The first kappa shape index (κ1) is 23.1. The molecule has 1 atom stereocenters. The van der Waals surface area contributed by atoms with Gasteiger partial charge in [-0.25, -0.2) is 4.98 Å². The fourth-order valence-electron chi connectivity index (χ4n) is 5.21. The maximum absolute atomic E-state index is 13.6. The highest BCUT2D eigenvalue weighted by Gasteiger charge is 2.32. The number of benzene rings is 2. The van der Waals surface area contributed by atoms with E-state index in [2.05, 4.69) is 48.0 Å². The first-order valence-corrected chi connectivity index (χ1v) is 12.5. The van der Waals surface area contributed by atoms with Gasteiger partial charge in [-0.2, -0.15) is 0 Å². The molecule has 35 heavy (non-hydrogen) atoms. The van der Waals surface area contributed by atoms with Gasteiger partial charge < -0.3 is 19.1 Å². The summed E-state index contributed by atoms with van der Waals surface area (Å²) < 4.78 is 5.73. The lowest BCUT2D eigenvalue weighted by Crippen LogP contribution is -2.54. The van der Waals surface area contributed by atoms with E-state index in [1.807, 2.05) is 34.1 Å². The van der Waals surface area contributed by atoms with Crippen LogP contribution in [0, 0.1) is 6.92 Å². The Morgan fingerprint density at radius 2 is 1.71 bits per heavy atom. The maximum Gasteiger partial charge on any atom is 0.276 e. The van der Waals surface area contributed by atoms with Crippen LogP contribution >= 0.6 is 0 Å². The van der Waals surface area contributed by atoms with Crippen LogP contribution in [-0.4, -0.2) is 65.4 Å². The third-order valence-corrected chi connectivity index (χ3v) is 7.06. The van der Waals surface area contributed by atoms with Gasteiger partial charge in [-0.05, 0) is 56.9 Å². The van der Waals surface area contributed by atoms with Crippen LogP contribution in [0.5, 0.6) is 0 Å². The minimum Gasteiger partial charge on any atom is -0.443 e. The molecule has 0 bridgehead atoms. The Hall–Kier alpha value is -3.61. The standard InChI is InChI=1S/C28H32N4O3/c1-20-9-8-10-22(17-20)32-16-15-31(18-21(32)2)28(34)25-26(35-19-29-25)23-11-4-5-12-24(23)27(33)30-13-6-3-7-14-30/h4-5,8-12,17,19,21H,3,6-7,13-16,18H2,1-2H3/t21-/m1/s1. The van der Waals surface area contributed by atoms with Crippen LogP contribution in [0.3, 0.4) is 0 Å². The number of aryl methyl sites for hydroxylation is 1. The quantitative estimate of drug-likeness (QED) is 0.554. The number of aromatic nitrogens is 1. The summed E-state index contributed by atoms with van der Waals surface area (Å²) >= 11 is 0. The number of carbonyl (C=O) groups is 2. The molecule has 0 unspecified atom stereocenters. The molecule has 2 aliphatic heterocycles. The molecule has 0 spiro atoms. The van der Waals surface area contributed by atoms with Gasteiger partial charge in [0.05, 0.1) is 5.56 Å². The van der Waals surface area contributed by atoms with E-state index in [1.54, 1.807) is 0 Å². The number of nitrogens with zero attached hydrogens (tertiary/aromatic N) is 4. The Labute approximate surface area is 206 Å². The zero-order valence-corrected chi connectivity index (χ0v) is 20.4. The highest BCUT2D eigenvalue weighted by molar-refractivity contribution is 6.04. The molecule has 0 radical (unpaired) electrons. The molecule has 2 fully saturated rings. The van der Waals surface area contributed by atoms with Crippen molar-refractivity contribution in [1.82, 2.24) is 14.8 Å². The predicted octanol–water partition coefficient (Wildman–Crippen LogP) is 4.63. The fourth-order valence-corrected chi connectivity index (χ4v) is 5.21. The minimum atomic E-state index is -0.162. The second-order valence-electron chi connectivity index (χ2n) is 9.56. The van der Waals surface area contributed by atoms with Crippen LogP contribution in [0.1, 0.15) is 52.6 Å². The van der Waals surface area contributed by atoms with Crippen LogP contribution in [0.4, 0.5) is 5.69 Å². The Kier molecular flexibility index (Phi) is 6.57. The van der Waals surface area contributed by atoms with Crippen molar-refractivity contribution in [3.05, 3.63) is 71.7 Å². The lowest BCUT2D eigenvalue weighted by Gasteiger charge is -2.41. The number of oxazole rings is 1. The second kappa shape index (κ2) is 9.94. The van der Waals surface area contributed by atoms with Crippen molar-refractivity contribution in [2.24, 2.45) is 0 Å². The molecular formula is C28H32N4O3. The van der Waals surface area contributed by atoms with Gasteiger partial charge in [0.1, 0.15) is 0 Å². The van der Waals surface area contributed by atoms with Crippen molar-refractivity contribution in [2.45, 2.75) is 39.2 Å². The fraction of sp³-hybridized carbons (Fsp3) is 0.393. The largest absolute Gasteiger partial charge is 0.443 e. The SMILES string of the molecule is Cc1cccc(N2CCN(C(=O)c3ncoc3-c3ccccc3C(=O)N3CCCCC3)C[C@H]2C)c1. The van der Waals surface area contributed by atoms with E-state index < -0.39 is 0 Å². The first-order valence-electron chi connectivity index (χ1n) is 12.5. The summed E-state index contributed by atoms with van der Waals surface area (Å²) in [4.78, 5) is 37.2. The first-order chi connectivity index (χ1) is 17.0. The third-order valence-electron chi connectivity index (χ3n) is 7.06. The van der Waals surface area contributed by atoms with Gasteiger partial charge in [0, 0.05) is 50.0 Å². The normalized spacial score (nSPS) is 18.6. The van der Waals surface area contributed by atoms with E-state index >= 15 is 0 Å². The maximum atomic E-state index is 13.6. The average molecular weight is 473 g/mol. The Morgan fingerprint density at radius 1 is 0.914 bits per heavy atom. The highest BCUT2D eigenvalue weighted by Crippen LogP contribution is 2.30. The molecule has 7 heteroatoms. The molecule has 0 N–H and O–H groups in total. The topological polar surface area (TPSA) is 69.9 Å². The zero-order chi connectivity index (χ0) is 24.4. The van der Waals surface area contributed by atoms with Gasteiger partial charge >= 0.3 is 0 Å². The van der Waals surface area contributed by atoms with E-state index in [4.69, 9.17) is 4.42 Å². The van der Waals surface area contributed by atoms with E-state index in [1.165, 1.54) is 17.6 Å². The molecule has 3 aromatic rings. The number of hydrogen-bond acceptors (Lipinski definition) is 5. The number of hydrogen-bond donors (Lipinski definition) is 0. The van der Waals surface area contributed by atoms with Gasteiger partial charge in [0.2, 0.25) is 0 Å². The van der Waals surface area contributed by atoms with Crippen molar-refractivity contribution in [3.8, 4) is 11.3 Å². The summed E-state index contributed by atoms with van der Waals surface area (Å²) in [6.07, 6.45) is 4.50. The number of likely N-dealkylation sites (tertiary alicyclic amines) is 1. The van der Waals surface area contributed by atoms with E-state index in [0.717, 1.165) is 38.9 Å². The summed E-state index contributed by atoms with van der Waals surface area (Å²) in [5.41, 5.74) is 3.84. The smallest absolute Gasteiger partial charge is 0.276 e. The predicted molar refractivity (Wildman–Crippen MR) is 136 cm³/mol. The Bertz CT molecular complexity index is 1210. The Morgan fingerprint density at radius 3 is 2.49 bits per heavy atom. The summed E-state index contributed by atoms with van der Waals surface area (Å²) in [5, 5.41) is 0. The summed E-state index contributed by atoms with van der Waals surface area (Å²) in [6, 6.07) is 16.0. The number of carbonyl (C=O) groups excluding carboxylic acids is 2. The number of piperidine rings is 1. The van der Waals surface area contributed by atoms with Gasteiger partial charge in [-0.15, -0.1) is 0 Å². The lowest BCUT2D eigenvalue weighted by molar-refractivity contribution is 0.0713. The zero-order valence-electron chi connectivity index (χ0n) is 20.4. The number of rotatable bonds is 4. The molecule has 2 aromatic carbocycles. The van der Waals surface area contributed by atoms with Crippen LogP contribution in [0.15, 0.2) is 59.3 Å². The van der Waals surface area contributed by atoms with Crippen molar-refractivity contribution < 1.29 is 14.0 Å². The van der Waals surface area contributed by atoms with Gasteiger partial charge in [-0.1, -0.05) is 30.3 Å². The van der Waals surface area contributed by atoms with E-state index in [0.29, 0.717) is 30.0 Å². The van der Waals surface area contributed by atoms with E-state index in [9.17, 15) is 9.59 Å². The van der Waals surface area contributed by atoms with Crippen LogP contribution in [0.2, 0.25) is 0 Å². The number of amides is 2. The molecule has 2 aliphatic rings. The molecule has 5 rings (SSSR count). The number of anilines is 1. The number of piperazine rings is 1. The summed E-state index contributed by atoms with van der Waals surface area (Å²) in [6.45, 7) is 7.68. The minimum absolute atomic E-state index is 0.0181. The molecule has 3 heterocycles. The molecule has 0 saturated carbocycles. The summed E-state index contributed by atoms with van der Waals surface area (Å²) in [5.74, 6) is 0.185. The van der Waals surface area contributed by atoms with Crippen LogP contribution in [0.25, 0.3) is 11.3 Å². The summed E-state index contributed by atoms with van der Waals surface area (Å²) in [7, 11) is 0. The molecule has 2 saturated heterocycles. The lowest BCUT2D eigenvalue weighted by atomic mass is 10.0. The van der Waals surface area contributed by atoms with Crippen LogP contribution < -0.4 is 4.90 Å². The average Bonchev–Trinajstić information content (AvgIpc) is 3.38. The molecular weight excluding hydrogens is 440 g/mol. The molecule has 182 valence electrons. The molecule has 0 aliphatic carbocycles. The van der Waals surface area contributed by atoms with Gasteiger partial charge in [-0.3, -0.25) is 9.59 Å². The molecule has 7 nitrogen and oxygen atoms in total. The van der Waals surface area contributed by atoms with Crippen molar-refractivity contribution in [3.63, 3.8) is 0 Å². The second-order valence-corrected chi connectivity index (χ2v) is 9.56. The van der Waals surface area contributed by atoms with E-state index in [-0.39, 0.29) is 23.6 Å². The molecule has 1 aromatic heterocycles. The van der Waals surface area contributed by atoms with Gasteiger partial charge in [0.25, 0.3) is 11.8 Å². The Balaban J connectivity index is 1.37. The van der Waals surface area contributed by atoms with Crippen LogP contribution in [-0.2, 0) is 0 Å². The van der Waals surface area contributed by atoms with Gasteiger partial charge in [0.15, 0.2) is 17.8 Å². The third kappa shape index (κ3) is 4.67. The monoisotopic (exact) mass is 472 g/mol. The van der Waals surface area contributed by atoms with Crippen molar-refractivity contribution in [1.29, 1.82) is 0 Å². The highest BCUT2D eigenvalue weighted by atomic mass is 16.3. The van der Waals surface area contributed by atoms with Crippen molar-refractivity contribution >= 4 is 17.5 Å². The molecule has 2 amide bonds. The van der Waals surface area contributed by atoms with Crippen molar-refractivity contribution in [2.75, 3.05) is 37.6 Å².